The van der Waals surface area contributed by atoms with Gasteiger partial charge in [0, 0.05) is 0 Å². The van der Waals surface area contributed by atoms with Crippen LogP contribution in [0, 0.1) is 5.82 Å². The van der Waals surface area contributed by atoms with Crippen molar-refractivity contribution in [2.75, 3.05) is 6.54 Å². The Morgan fingerprint density at radius 3 is 2.86 bits per heavy atom. The van der Waals surface area contributed by atoms with Crippen molar-refractivity contribution in [3.05, 3.63) is 35.6 Å². The largest absolute Gasteiger partial charge is 0.387 e. The number of nitrogens with one attached hydrogen (secondary N) is 1. The summed E-state index contributed by atoms with van der Waals surface area (Å²) < 4.78 is 13.1. The minimum Gasteiger partial charge on any atom is -0.387 e. The molecule has 21 heavy (non-hydrogen) atoms. The second-order valence-corrected chi connectivity index (χ2v) is 5.16. The molecule has 0 unspecified atom stereocenters. The van der Waals surface area contributed by atoms with Crippen LogP contribution in [0.4, 0.5) is 9.18 Å². The van der Waals surface area contributed by atoms with Crippen molar-refractivity contribution >= 4 is 11.9 Å². The number of carbonyl (C=O) groups excluding carboxylic acids is 2. The number of halogens is 1. The molecule has 0 bridgehead atoms. The van der Waals surface area contributed by atoms with Crippen molar-refractivity contribution in [3.8, 4) is 0 Å². The molecule has 1 heterocycles. The van der Waals surface area contributed by atoms with Gasteiger partial charge in [-0.05, 0) is 24.1 Å². The summed E-state index contributed by atoms with van der Waals surface area (Å²) in [4.78, 5) is 24.9. The van der Waals surface area contributed by atoms with E-state index in [0.717, 1.165) is 17.7 Å². The van der Waals surface area contributed by atoms with Gasteiger partial charge in [0.2, 0.25) is 0 Å². The van der Waals surface area contributed by atoms with Gasteiger partial charge in [-0.1, -0.05) is 31.9 Å². The Kier molecular flexibility index (Phi) is 4.90. The number of rotatable bonds is 6. The second-order valence-electron chi connectivity index (χ2n) is 5.16. The lowest BCUT2D eigenvalue weighted by Crippen LogP contribution is -2.35. The number of unbranched alkanes of at least 4 members (excludes halogenated alkanes) is 1. The van der Waals surface area contributed by atoms with Crippen LogP contribution in [0.15, 0.2) is 24.3 Å². The fraction of sp³-hybridized carbons (Fsp3) is 0.467. The number of aliphatic hydroxyl groups is 1. The summed E-state index contributed by atoms with van der Waals surface area (Å²) in [7, 11) is 0. The Hall–Kier alpha value is -1.95. The lowest BCUT2D eigenvalue weighted by Gasteiger charge is -2.18. The fourth-order valence-electron chi connectivity index (χ4n) is 2.35. The van der Waals surface area contributed by atoms with Gasteiger partial charge in [-0.3, -0.25) is 9.69 Å². The van der Waals surface area contributed by atoms with Gasteiger partial charge < -0.3 is 10.4 Å². The van der Waals surface area contributed by atoms with Crippen LogP contribution in [-0.4, -0.2) is 34.5 Å². The molecule has 114 valence electrons. The summed E-state index contributed by atoms with van der Waals surface area (Å²) in [5.74, 6) is -0.798. The molecular weight excluding hydrogens is 275 g/mol. The number of urea groups is 1. The van der Waals surface area contributed by atoms with Gasteiger partial charge in [-0.15, -0.1) is 0 Å². The van der Waals surface area contributed by atoms with Crippen LogP contribution in [-0.2, 0) is 4.79 Å². The molecule has 0 saturated carbocycles. The van der Waals surface area contributed by atoms with Gasteiger partial charge >= 0.3 is 6.03 Å². The van der Waals surface area contributed by atoms with Gasteiger partial charge in [0.15, 0.2) is 0 Å². The highest BCUT2D eigenvalue weighted by Crippen LogP contribution is 2.19. The van der Waals surface area contributed by atoms with Crippen molar-refractivity contribution in [1.29, 1.82) is 0 Å². The first-order valence-electron chi connectivity index (χ1n) is 7.08. The summed E-state index contributed by atoms with van der Waals surface area (Å²) in [6.07, 6.45) is 1.27. The van der Waals surface area contributed by atoms with Gasteiger partial charge in [0.25, 0.3) is 5.91 Å². The molecule has 2 N–H and O–H groups in total. The van der Waals surface area contributed by atoms with Crippen LogP contribution in [0.2, 0.25) is 0 Å². The third kappa shape index (κ3) is 3.58. The summed E-state index contributed by atoms with van der Waals surface area (Å²) in [5.41, 5.74) is 0.340. The van der Waals surface area contributed by atoms with E-state index in [4.69, 9.17) is 0 Å². The molecule has 0 spiro atoms. The predicted octanol–water partition coefficient (Wildman–Crippen LogP) is 1.97. The van der Waals surface area contributed by atoms with E-state index in [1.54, 1.807) is 6.07 Å². The predicted molar refractivity (Wildman–Crippen MR) is 74.9 cm³/mol. The number of benzene rings is 1. The first kappa shape index (κ1) is 15.4. The third-order valence-electron chi connectivity index (χ3n) is 3.54. The Balaban J connectivity index is 2.02. The molecule has 2 rings (SSSR count). The Bertz CT molecular complexity index is 535. The molecule has 1 aliphatic heterocycles. The standard InChI is InChI=1S/C15H19FN2O3/c1-2-3-7-12-14(20)18(15(21)17-12)9-13(19)10-5-4-6-11(16)8-10/h4-6,8,12-13,19H,2-3,7,9H2,1H3,(H,17,21)/t12-,13+/m1/s1. The molecule has 1 aromatic rings. The number of β-amino-alcohol motifs (C(OH)–C–C–N with tert-alkyl or cyclic N) is 1. The zero-order chi connectivity index (χ0) is 15.4. The van der Waals surface area contributed by atoms with Gasteiger partial charge in [0.05, 0.1) is 12.6 Å². The maximum atomic E-state index is 13.1. The first-order chi connectivity index (χ1) is 10.0. The second kappa shape index (κ2) is 6.67. The topological polar surface area (TPSA) is 69.6 Å². The highest BCUT2D eigenvalue weighted by molar-refractivity contribution is 6.04. The quantitative estimate of drug-likeness (QED) is 0.788. The molecule has 5 nitrogen and oxygen atoms in total. The van der Waals surface area contributed by atoms with Crippen molar-refractivity contribution in [2.45, 2.75) is 38.3 Å². The molecule has 1 aromatic carbocycles. The number of nitrogens with zero attached hydrogens (tertiary/aromatic N) is 1. The molecule has 2 atom stereocenters. The minimum absolute atomic E-state index is 0.170. The maximum absolute atomic E-state index is 13.1. The van der Waals surface area contributed by atoms with Gasteiger partial charge in [-0.25, -0.2) is 9.18 Å². The number of aliphatic hydroxyl groups excluding tert-OH is 1. The van der Waals surface area contributed by atoms with Crippen LogP contribution in [0.25, 0.3) is 0 Å². The van der Waals surface area contributed by atoms with E-state index in [1.807, 2.05) is 6.92 Å². The molecular formula is C15H19FN2O3. The molecule has 0 aromatic heterocycles. The maximum Gasteiger partial charge on any atom is 0.324 e. The van der Waals surface area contributed by atoms with Crippen molar-refractivity contribution in [3.63, 3.8) is 0 Å². The fourth-order valence-corrected chi connectivity index (χ4v) is 2.35. The lowest BCUT2D eigenvalue weighted by atomic mass is 10.1. The van der Waals surface area contributed by atoms with E-state index in [-0.39, 0.29) is 12.5 Å². The van der Waals surface area contributed by atoms with E-state index in [9.17, 15) is 19.1 Å². The summed E-state index contributed by atoms with van der Waals surface area (Å²) >= 11 is 0. The smallest absolute Gasteiger partial charge is 0.324 e. The average molecular weight is 294 g/mol. The van der Waals surface area contributed by atoms with Crippen LogP contribution in [0.3, 0.4) is 0 Å². The van der Waals surface area contributed by atoms with Crippen molar-refractivity contribution < 1.29 is 19.1 Å². The third-order valence-corrected chi connectivity index (χ3v) is 3.54. The number of carbonyl (C=O) groups is 2. The molecule has 3 amide bonds. The highest BCUT2D eigenvalue weighted by atomic mass is 19.1. The Labute approximate surface area is 122 Å². The molecule has 1 fully saturated rings. The normalized spacial score (nSPS) is 19.8. The van der Waals surface area contributed by atoms with E-state index >= 15 is 0 Å². The molecule has 1 aliphatic rings. The number of hydrogen-bond acceptors (Lipinski definition) is 3. The first-order valence-corrected chi connectivity index (χ1v) is 7.08. The molecule has 0 radical (unpaired) electrons. The lowest BCUT2D eigenvalue weighted by molar-refractivity contribution is -0.128. The van der Waals surface area contributed by atoms with E-state index in [1.165, 1.54) is 18.2 Å². The minimum atomic E-state index is -1.10. The highest BCUT2D eigenvalue weighted by Gasteiger charge is 2.38. The average Bonchev–Trinajstić information content (AvgIpc) is 2.72. The van der Waals surface area contributed by atoms with Crippen LogP contribution >= 0.6 is 0 Å². The number of imide groups is 1. The van der Waals surface area contributed by atoms with Crippen LogP contribution in [0.1, 0.15) is 37.9 Å². The SMILES string of the molecule is CCCC[C@H]1NC(=O)N(C[C@H](O)c2cccc(F)c2)C1=O. The van der Waals surface area contributed by atoms with E-state index < -0.39 is 24.0 Å². The van der Waals surface area contributed by atoms with Gasteiger partial charge in [-0.2, -0.15) is 0 Å². The monoisotopic (exact) mass is 294 g/mol. The summed E-state index contributed by atoms with van der Waals surface area (Å²) in [6, 6.07) is 4.47. The Morgan fingerprint density at radius 2 is 2.19 bits per heavy atom. The zero-order valence-electron chi connectivity index (χ0n) is 11.9. The molecule has 1 saturated heterocycles. The van der Waals surface area contributed by atoms with Crippen LogP contribution < -0.4 is 5.32 Å². The number of hydrogen-bond donors (Lipinski definition) is 2. The van der Waals surface area contributed by atoms with Crippen molar-refractivity contribution in [2.24, 2.45) is 0 Å². The van der Waals surface area contributed by atoms with Gasteiger partial charge in [0.1, 0.15) is 11.9 Å². The Morgan fingerprint density at radius 1 is 1.43 bits per heavy atom. The van der Waals surface area contributed by atoms with Crippen molar-refractivity contribution in [1.82, 2.24) is 10.2 Å². The molecule has 0 aliphatic carbocycles. The van der Waals surface area contributed by atoms with E-state index in [2.05, 4.69) is 5.32 Å². The zero-order valence-corrected chi connectivity index (χ0v) is 11.9. The van der Waals surface area contributed by atoms with E-state index in [0.29, 0.717) is 12.0 Å². The number of amides is 3. The van der Waals surface area contributed by atoms with Crippen LogP contribution in [0.5, 0.6) is 0 Å². The summed E-state index contributed by atoms with van der Waals surface area (Å²) in [5, 5.41) is 12.7. The molecule has 6 heteroatoms. The summed E-state index contributed by atoms with van der Waals surface area (Å²) in [6.45, 7) is 1.84.